The minimum atomic E-state index is -1.16. The van der Waals surface area contributed by atoms with Crippen LogP contribution < -0.4 is 5.73 Å². The van der Waals surface area contributed by atoms with Gasteiger partial charge in [0.15, 0.2) is 0 Å². The largest absolute Gasteiger partial charge is 0.480 e. The van der Waals surface area contributed by atoms with Gasteiger partial charge in [0.2, 0.25) is 0 Å². The molecule has 0 radical (unpaired) electrons. The minimum absolute atomic E-state index is 0.263. The topological polar surface area (TPSA) is 66.6 Å². The lowest BCUT2D eigenvalue weighted by Crippen LogP contribution is -2.50. The van der Waals surface area contributed by atoms with E-state index in [2.05, 4.69) is 0 Å². The van der Waals surface area contributed by atoms with Gasteiger partial charge in [-0.1, -0.05) is 6.07 Å². The Morgan fingerprint density at radius 1 is 1.56 bits per heavy atom. The van der Waals surface area contributed by atoms with Crippen LogP contribution in [0.4, 0.5) is 4.39 Å². The number of aliphatic carboxylic acids is 1. The summed E-state index contributed by atoms with van der Waals surface area (Å²) in [7, 11) is 0. The predicted octanol–water partition coefficient (Wildman–Crippen LogP) is 1.12. The van der Waals surface area contributed by atoms with E-state index in [1.54, 1.807) is 0 Å². The summed E-state index contributed by atoms with van der Waals surface area (Å²) in [6.45, 7) is 3.29. The summed E-state index contributed by atoms with van der Waals surface area (Å²) in [4.78, 5) is 13.0. The van der Waals surface area contributed by atoms with Gasteiger partial charge in [-0.25, -0.2) is 4.39 Å². The Bertz CT molecular complexity index is 458. The zero-order valence-corrected chi connectivity index (χ0v) is 10.3. The van der Waals surface area contributed by atoms with Crippen LogP contribution in [0, 0.1) is 12.7 Å². The van der Waals surface area contributed by atoms with E-state index in [1.165, 1.54) is 12.1 Å². The van der Waals surface area contributed by atoms with Gasteiger partial charge in [-0.05, 0) is 36.6 Å². The molecule has 0 amide bonds. The Hall–Kier alpha value is -1.46. The summed E-state index contributed by atoms with van der Waals surface area (Å²) in [5, 5.41) is 9.03. The van der Waals surface area contributed by atoms with Gasteiger partial charge in [0.05, 0.1) is 0 Å². The van der Waals surface area contributed by atoms with Crippen LogP contribution in [0.3, 0.4) is 0 Å². The maximum absolute atomic E-state index is 13.2. The second-order valence-corrected chi connectivity index (χ2v) is 5.06. The van der Waals surface area contributed by atoms with Gasteiger partial charge in [-0.2, -0.15) is 0 Å². The number of likely N-dealkylation sites (tertiary alicyclic amines) is 1. The van der Waals surface area contributed by atoms with E-state index < -0.39 is 11.5 Å². The average molecular weight is 252 g/mol. The molecule has 1 aromatic carbocycles. The van der Waals surface area contributed by atoms with E-state index in [9.17, 15) is 9.18 Å². The molecule has 4 nitrogen and oxygen atoms in total. The smallest absolute Gasteiger partial charge is 0.325 e. The van der Waals surface area contributed by atoms with Gasteiger partial charge >= 0.3 is 5.97 Å². The molecule has 5 heteroatoms. The van der Waals surface area contributed by atoms with Gasteiger partial charge in [0, 0.05) is 19.6 Å². The van der Waals surface area contributed by atoms with Gasteiger partial charge in [0.25, 0.3) is 0 Å². The lowest BCUT2D eigenvalue weighted by atomic mass is 10.0. The van der Waals surface area contributed by atoms with E-state index in [0.29, 0.717) is 26.1 Å². The molecule has 0 unspecified atom stereocenters. The molecule has 3 N–H and O–H groups in total. The molecular formula is C13H17FN2O2. The summed E-state index contributed by atoms with van der Waals surface area (Å²) >= 11 is 0. The molecule has 2 rings (SSSR count). The first-order valence-electron chi connectivity index (χ1n) is 5.90. The lowest BCUT2D eigenvalue weighted by Gasteiger charge is -2.20. The van der Waals surface area contributed by atoms with Gasteiger partial charge in [-0.15, -0.1) is 0 Å². The van der Waals surface area contributed by atoms with Crippen LogP contribution in [0.25, 0.3) is 0 Å². The number of hydrogen-bond donors (Lipinski definition) is 2. The molecular weight excluding hydrogens is 235 g/mol. The maximum Gasteiger partial charge on any atom is 0.325 e. The Kier molecular flexibility index (Phi) is 3.36. The number of rotatable bonds is 3. The number of nitrogens with two attached hydrogens (primary N) is 1. The van der Waals surface area contributed by atoms with E-state index in [0.717, 1.165) is 11.1 Å². The van der Waals surface area contributed by atoms with Gasteiger partial charge in [0.1, 0.15) is 11.4 Å². The summed E-state index contributed by atoms with van der Waals surface area (Å²) in [6.07, 6.45) is 0.427. The number of nitrogens with zero attached hydrogens (tertiary/aromatic N) is 1. The minimum Gasteiger partial charge on any atom is -0.480 e. The number of carbonyl (C=O) groups is 1. The monoisotopic (exact) mass is 252 g/mol. The van der Waals surface area contributed by atoms with Crippen LogP contribution in [-0.2, 0) is 11.3 Å². The van der Waals surface area contributed by atoms with Crippen LogP contribution >= 0.6 is 0 Å². The van der Waals surface area contributed by atoms with Crippen LogP contribution in [0.15, 0.2) is 18.2 Å². The number of halogens is 1. The third-order valence-corrected chi connectivity index (χ3v) is 3.31. The van der Waals surface area contributed by atoms with Crippen molar-refractivity contribution in [2.45, 2.75) is 25.4 Å². The van der Waals surface area contributed by atoms with E-state index >= 15 is 0 Å². The highest BCUT2D eigenvalue weighted by Gasteiger charge is 2.40. The molecule has 1 heterocycles. The predicted molar refractivity (Wildman–Crippen MR) is 65.6 cm³/mol. The van der Waals surface area contributed by atoms with E-state index in [-0.39, 0.29) is 5.82 Å². The highest BCUT2D eigenvalue weighted by molar-refractivity contribution is 5.79. The maximum atomic E-state index is 13.2. The highest BCUT2D eigenvalue weighted by Crippen LogP contribution is 2.21. The number of carboxylic acid groups (broad SMARTS) is 1. The van der Waals surface area contributed by atoms with Crippen molar-refractivity contribution in [2.24, 2.45) is 5.73 Å². The summed E-state index contributed by atoms with van der Waals surface area (Å²) in [5.74, 6) is -1.23. The molecule has 18 heavy (non-hydrogen) atoms. The average Bonchev–Trinajstić information content (AvgIpc) is 2.60. The summed E-state index contributed by atoms with van der Waals surface area (Å²) in [5.41, 5.74) is 6.34. The Balaban J connectivity index is 2.06. The molecule has 1 aliphatic rings. The quantitative estimate of drug-likeness (QED) is 0.846. The molecule has 0 aromatic heterocycles. The zero-order chi connectivity index (χ0) is 13.3. The molecule has 98 valence electrons. The first kappa shape index (κ1) is 13.0. The fourth-order valence-corrected chi connectivity index (χ4v) is 2.39. The van der Waals surface area contributed by atoms with Gasteiger partial charge < -0.3 is 10.8 Å². The Labute approximate surface area is 105 Å². The summed E-state index contributed by atoms with van der Waals surface area (Å²) in [6, 6.07) is 4.85. The molecule has 1 aliphatic heterocycles. The van der Waals surface area contributed by atoms with Crippen molar-refractivity contribution in [1.82, 2.24) is 4.90 Å². The first-order valence-corrected chi connectivity index (χ1v) is 5.90. The van der Waals surface area contributed by atoms with E-state index in [4.69, 9.17) is 10.8 Å². The van der Waals surface area contributed by atoms with Crippen molar-refractivity contribution in [3.63, 3.8) is 0 Å². The molecule has 0 aliphatic carbocycles. The molecule has 1 aromatic rings. The van der Waals surface area contributed by atoms with Crippen LogP contribution in [-0.4, -0.2) is 34.6 Å². The van der Waals surface area contributed by atoms with Crippen molar-refractivity contribution in [3.05, 3.63) is 35.1 Å². The molecule has 1 saturated heterocycles. The van der Waals surface area contributed by atoms with Crippen LogP contribution in [0.5, 0.6) is 0 Å². The zero-order valence-electron chi connectivity index (χ0n) is 10.3. The molecule has 1 atom stereocenters. The van der Waals surface area contributed by atoms with Crippen molar-refractivity contribution < 1.29 is 14.3 Å². The first-order chi connectivity index (χ1) is 8.39. The Morgan fingerprint density at radius 2 is 2.28 bits per heavy atom. The normalized spacial score (nSPS) is 24.4. The number of carboxylic acids is 1. The van der Waals surface area contributed by atoms with Crippen LogP contribution in [0.2, 0.25) is 0 Å². The molecule has 0 spiro atoms. The molecule has 0 bridgehead atoms. The van der Waals surface area contributed by atoms with Crippen LogP contribution in [0.1, 0.15) is 17.5 Å². The second kappa shape index (κ2) is 4.66. The van der Waals surface area contributed by atoms with E-state index in [1.807, 2.05) is 17.9 Å². The second-order valence-electron chi connectivity index (χ2n) is 5.06. The van der Waals surface area contributed by atoms with Crippen molar-refractivity contribution >= 4 is 5.97 Å². The van der Waals surface area contributed by atoms with Crippen molar-refractivity contribution in [3.8, 4) is 0 Å². The third kappa shape index (κ3) is 2.68. The standard InChI is InChI=1S/C13H17FN2O2/c1-9-4-10(6-11(14)5-9)7-16-3-2-13(15,8-16)12(17)18/h4-6H,2-3,7-8,15H2,1H3,(H,17,18)/t13-/m1/s1. The lowest BCUT2D eigenvalue weighted by molar-refractivity contribution is -0.142. The fourth-order valence-electron chi connectivity index (χ4n) is 2.39. The third-order valence-electron chi connectivity index (χ3n) is 3.31. The fraction of sp³-hybridized carbons (Fsp3) is 0.462. The SMILES string of the molecule is Cc1cc(F)cc(CN2CC[C@](N)(C(=O)O)C2)c1. The van der Waals surface area contributed by atoms with Crippen molar-refractivity contribution in [1.29, 1.82) is 0 Å². The number of hydrogen-bond acceptors (Lipinski definition) is 3. The number of benzene rings is 1. The number of aryl methyl sites for hydroxylation is 1. The molecule has 1 fully saturated rings. The molecule has 0 saturated carbocycles. The Morgan fingerprint density at radius 3 is 2.83 bits per heavy atom. The van der Waals surface area contributed by atoms with Crippen molar-refractivity contribution in [2.75, 3.05) is 13.1 Å². The highest BCUT2D eigenvalue weighted by atomic mass is 19.1. The van der Waals surface area contributed by atoms with Gasteiger partial charge in [-0.3, -0.25) is 9.69 Å². The summed E-state index contributed by atoms with van der Waals surface area (Å²) < 4.78 is 13.2.